The van der Waals surface area contributed by atoms with E-state index in [1.54, 1.807) is 17.8 Å². The second-order valence-corrected chi connectivity index (χ2v) is 7.53. The zero-order valence-corrected chi connectivity index (χ0v) is 19.2. The zero-order chi connectivity index (χ0) is 18.8. The Balaban J connectivity index is 0.00000364. The normalized spacial score (nSPS) is 16.5. The van der Waals surface area contributed by atoms with Gasteiger partial charge in [-0.3, -0.25) is 0 Å². The molecule has 5 nitrogen and oxygen atoms in total. The Bertz CT molecular complexity index is 598. The molecule has 1 fully saturated rings. The number of nitrogens with zero attached hydrogens (tertiary/aromatic N) is 1. The smallest absolute Gasteiger partial charge is 0.191 e. The summed E-state index contributed by atoms with van der Waals surface area (Å²) in [5, 5.41) is 16.4. The number of nitrogens with one attached hydrogen (secondary N) is 2. The molecule has 0 unspecified atom stereocenters. The minimum Gasteiger partial charge on any atom is -0.396 e. The summed E-state index contributed by atoms with van der Waals surface area (Å²) < 4.78 is 18.9. The van der Waals surface area contributed by atoms with Crippen LogP contribution in [0.3, 0.4) is 0 Å². The molecule has 1 aliphatic heterocycles. The van der Waals surface area contributed by atoms with E-state index in [0.29, 0.717) is 32.3 Å². The van der Waals surface area contributed by atoms with Gasteiger partial charge in [0.05, 0.1) is 13.2 Å². The Morgan fingerprint density at radius 2 is 2.04 bits per heavy atom. The van der Waals surface area contributed by atoms with Crippen molar-refractivity contribution < 1.29 is 14.2 Å². The summed E-state index contributed by atoms with van der Waals surface area (Å²) >= 11 is 1.67. The van der Waals surface area contributed by atoms with Crippen molar-refractivity contribution in [3.8, 4) is 0 Å². The highest BCUT2D eigenvalue weighted by atomic mass is 127. The Morgan fingerprint density at radius 3 is 2.67 bits per heavy atom. The van der Waals surface area contributed by atoms with E-state index in [9.17, 15) is 9.50 Å². The molecule has 0 saturated carbocycles. The lowest BCUT2D eigenvalue weighted by atomic mass is 9.81. The van der Waals surface area contributed by atoms with Crippen LogP contribution in [-0.4, -0.2) is 50.2 Å². The molecule has 0 radical (unpaired) electrons. The third-order valence-corrected chi connectivity index (χ3v) is 5.34. The minimum atomic E-state index is -0.212. The maximum atomic E-state index is 13.5. The van der Waals surface area contributed by atoms with Crippen LogP contribution in [0.25, 0.3) is 0 Å². The number of hydrogen-bond donors (Lipinski definition) is 3. The van der Waals surface area contributed by atoms with E-state index in [1.165, 1.54) is 6.07 Å². The molecular formula is C19H31FIN3O2S. The molecule has 1 aromatic carbocycles. The summed E-state index contributed by atoms with van der Waals surface area (Å²) in [6.45, 7) is 5.42. The van der Waals surface area contributed by atoms with Gasteiger partial charge in [0.1, 0.15) is 5.82 Å². The van der Waals surface area contributed by atoms with Gasteiger partial charge in [0, 0.05) is 37.5 Å². The molecular weight excluding hydrogens is 480 g/mol. The van der Waals surface area contributed by atoms with Gasteiger partial charge < -0.3 is 20.5 Å². The van der Waals surface area contributed by atoms with Gasteiger partial charge in [0.25, 0.3) is 0 Å². The van der Waals surface area contributed by atoms with Crippen LogP contribution >= 0.6 is 35.7 Å². The first kappa shape index (κ1) is 24.5. The Labute approximate surface area is 183 Å². The van der Waals surface area contributed by atoms with Gasteiger partial charge in [-0.1, -0.05) is 6.07 Å². The molecule has 1 saturated heterocycles. The molecule has 8 heteroatoms. The molecule has 0 atom stereocenters. The first-order valence-corrected chi connectivity index (χ1v) is 10.5. The molecule has 0 aliphatic carbocycles. The minimum absolute atomic E-state index is 0. The van der Waals surface area contributed by atoms with Crippen LogP contribution in [0.4, 0.5) is 4.39 Å². The SMILES string of the molecule is CCNC(=NCc1ccc(F)cc1CSC)NCC1(CO)CCOCC1.I. The quantitative estimate of drug-likeness (QED) is 0.285. The van der Waals surface area contributed by atoms with E-state index in [0.717, 1.165) is 36.3 Å². The maximum Gasteiger partial charge on any atom is 0.191 e. The third kappa shape index (κ3) is 7.75. The van der Waals surface area contributed by atoms with Gasteiger partial charge in [-0.15, -0.1) is 24.0 Å². The Morgan fingerprint density at radius 1 is 1.30 bits per heavy atom. The topological polar surface area (TPSA) is 65.9 Å². The second kappa shape index (κ2) is 12.8. The van der Waals surface area contributed by atoms with Crippen molar-refractivity contribution in [1.82, 2.24) is 10.6 Å². The van der Waals surface area contributed by atoms with E-state index in [-0.39, 0.29) is 41.8 Å². The number of benzene rings is 1. The van der Waals surface area contributed by atoms with Crippen LogP contribution in [-0.2, 0) is 17.0 Å². The molecule has 154 valence electrons. The van der Waals surface area contributed by atoms with Crippen molar-refractivity contribution in [1.29, 1.82) is 0 Å². The number of hydrogen-bond acceptors (Lipinski definition) is 4. The molecule has 2 rings (SSSR count). The summed E-state index contributed by atoms with van der Waals surface area (Å²) in [7, 11) is 0. The van der Waals surface area contributed by atoms with Crippen molar-refractivity contribution in [2.45, 2.75) is 32.1 Å². The van der Waals surface area contributed by atoms with Gasteiger partial charge in [0.2, 0.25) is 0 Å². The van der Waals surface area contributed by atoms with Crippen molar-refractivity contribution in [2.24, 2.45) is 10.4 Å². The number of thioether (sulfide) groups is 1. The Hall–Kier alpha value is -0.580. The molecule has 0 amide bonds. The van der Waals surface area contributed by atoms with Crippen LogP contribution in [0, 0.1) is 11.2 Å². The molecule has 0 aromatic heterocycles. The van der Waals surface area contributed by atoms with E-state index in [1.807, 2.05) is 19.2 Å². The third-order valence-electron chi connectivity index (χ3n) is 4.74. The molecule has 1 aromatic rings. The number of ether oxygens (including phenoxy) is 1. The van der Waals surface area contributed by atoms with E-state index in [2.05, 4.69) is 15.6 Å². The zero-order valence-electron chi connectivity index (χ0n) is 16.1. The number of guanidine groups is 1. The first-order chi connectivity index (χ1) is 12.6. The number of aliphatic hydroxyl groups excluding tert-OH is 1. The summed E-state index contributed by atoms with van der Waals surface area (Å²) in [5.74, 6) is 1.27. The fourth-order valence-corrected chi connectivity index (χ4v) is 3.59. The maximum absolute atomic E-state index is 13.5. The van der Waals surface area contributed by atoms with Crippen molar-refractivity contribution in [3.63, 3.8) is 0 Å². The lowest BCUT2D eigenvalue weighted by molar-refractivity contribution is -0.0131. The average Bonchev–Trinajstić information content (AvgIpc) is 2.66. The molecule has 1 heterocycles. The highest BCUT2D eigenvalue weighted by Gasteiger charge is 2.32. The first-order valence-electron chi connectivity index (χ1n) is 9.09. The van der Waals surface area contributed by atoms with E-state index >= 15 is 0 Å². The molecule has 1 aliphatic rings. The standard InChI is InChI=1S/C19H30FN3O2S.HI/c1-3-21-18(23-13-19(14-24)6-8-25-9-7-19)22-11-15-4-5-17(20)10-16(15)12-26-2;/h4-5,10,24H,3,6-9,11-14H2,1-2H3,(H2,21,22,23);1H. The van der Waals surface area contributed by atoms with Crippen molar-refractivity contribution in [2.75, 3.05) is 39.2 Å². The average molecular weight is 511 g/mol. The Kier molecular flexibility index (Phi) is 11.6. The summed E-state index contributed by atoms with van der Waals surface area (Å²) in [4.78, 5) is 4.66. The van der Waals surface area contributed by atoms with Gasteiger partial charge in [-0.05, 0) is 49.3 Å². The summed E-state index contributed by atoms with van der Waals surface area (Å²) in [5.41, 5.74) is 1.85. The van der Waals surface area contributed by atoms with Crippen molar-refractivity contribution in [3.05, 3.63) is 35.1 Å². The number of aliphatic hydroxyl groups is 1. The van der Waals surface area contributed by atoms with Crippen LogP contribution in [0.1, 0.15) is 30.9 Å². The van der Waals surface area contributed by atoms with Gasteiger partial charge in [0.15, 0.2) is 5.96 Å². The lowest BCUT2D eigenvalue weighted by Gasteiger charge is -2.36. The van der Waals surface area contributed by atoms with Gasteiger partial charge in [-0.2, -0.15) is 11.8 Å². The summed E-state index contributed by atoms with van der Waals surface area (Å²) in [6.07, 6.45) is 3.68. The number of halogens is 2. The monoisotopic (exact) mass is 511 g/mol. The number of aliphatic imine (C=N–C) groups is 1. The van der Waals surface area contributed by atoms with Crippen LogP contribution in [0.2, 0.25) is 0 Å². The fraction of sp³-hybridized carbons (Fsp3) is 0.632. The van der Waals surface area contributed by atoms with Crippen LogP contribution in [0.5, 0.6) is 0 Å². The van der Waals surface area contributed by atoms with Crippen LogP contribution in [0.15, 0.2) is 23.2 Å². The second-order valence-electron chi connectivity index (χ2n) is 6.67. The van der Waals surface area contributed by atoms with Gasteiger partial charge >= 0.3 is 0 Å². The summed E-state index contributed by atoms with van der Waals surface area (Å²) in [6, 6.07) is 4.88. The van der Waals surface area contributed by atoms with Crippen molar-refractivity contribution >= 4 is 41.7 Å². The molecule has 27 heavy (non-hydrogen) atoms. The largest absolute Gasteiger partial charge is 0.396 e. The number of rotatable bonds is 8. The van der Waals surface area contributed by atoms with E-state index in [4.69, 9.17) is 4.74 Å². The van der Waals surface area contributed by atoms with E-state index < -0.39 is 0 Å². The molecule has 3 N–H and O–H groups in total. The predicted octanol–water partition coefficient (Wildman–Crippen LogP) is 3.15. The highest BCUT2D eigenvalue weighted by molar-refractivity contribution is 14.0. The molecule has 0 spiro atoms. The molecule has 0 bridgehead atoms. The van der Waals surface area contributed by atoms with Crippen LogP contribution < -0.4 is 10.6 Å². The lowest BCUT2D eigenvalue weighted by Crippen LogP contribution is -2.47. The predicted molar refractivity (Wildman–Crippen MR) is 121 cm³/mol. The fourth-order valence-electron chi connectivity index (χ4n) is 3.01. The highest BCUT2D eigenvalue weighted by Crippen LogP contribution is 2.28. The van der Waals surface area contributed by atoms with Gasteiger partial charge in [-0.25, -0.2) is 9.38 Å².